The molecule has 0 aliphatic heterocycles. The monoisotopic (exact) mass is 386 g/mol. The number of nitrogens with one attached hydrogen (secondary N) is 1. The molecule has 0 saturated heterocycles. The van der Waals surface area contributed by atoms with Crippen LogP contribution in [0.3, 0.4) is 0 Å². The summed E-state index contributed by atoms with van der Waals surface area (Å²) in [5.41, 5.74) is 1.97. The van der Waals surface area contributed by atoms with Crippen molar-refractivity contribution in [2.45, 2.75) is 0 Å². The highest BCUT2D eigenvalue weighted by Crippen LogP contribution is 2.40. The van der Waals surface area contributed by atoms with Crippen molar-refractivity contribution in [3.05, 3.63) is 75.1 Å². The molecule has 4 rings (SSSR count). The van der Waals surface area contributed by atoms with Gasteiger partial charge in [0.15, 0.2) is 0 Å². The van der Waals surface area contributed by atoms with Gasteiger partial charge in [-0.25, -0.2) is 4.79 Å². The van der Waals surface area contributed by atoms with Gasteiger partial charge in [0.2, 0.25) is 0 Å². The number of aromatic nitrogens is 2. The number of aromatic amines is 1. The maximum Gasteiger partial charge on any atom is 0.331 e. The Morgan fingerprint density at radius 2 is 1.65 bits per heavy atom. The van der Waals surface area contributed by atoms with Gasteiger partial charge in [0.1, 0.15) is 11.5 Å². The normalized spacial score (nSPS) is 11.2. The summed E-state index contributed by atoms with van der Waals surface area (Å²) >= 11 is 12.2. The standard InChI is InChI=1S/C19H12Cl2N2O3/c20-10-5-6-11(13(21)7-10)12-8-16(18(25)9-17(12)24)23-15-4-2-1-3-14(15)22-19(23)26/h1-9,24-25H,(H,22,26). The van der Waals surface area contributed by atoms with Crippen LogP contribution >= 0.6 is 23.2 Å². The summed E-state index contributed by atoms with van der Waals surface area (Å²) in [5, 5.41) is 21.4. The molecule has 0 unspecified atom stereocenters. The van der Waals surface area contributed by atoms with E-state index in [1.54, 1.807) is 42.5 Å². The summed E-state index contributed by atoms with van der Waals surface area (Å²) in [4.78, 5) is 15.2. The van der Waals surface area contributed by atoms with Gasteiger partial charge in [-0.2, -0.15) is 0 Å². The van der Waals surface area contributed by atoms with E-state index in [1.165, 1.54) is 16.7 Å². The molecule has 7 heteroatoms. The maximum atomic E-state index is 12.4. The van der Waals surface area contributed by atoms with Gasteiger partial charge in [-0.3, -0.25) is 4.57 Å². The van der Waals surface area contributed by atoms with Crippen LogP contribution in [0.4, 0.5) is 0 Å². The number of phenolic OH excluding ortho intramolecular Hbond substituents is 2. The van der Waals surface area contributed by atoms with E-state index in [9.17, 15) is 15.0 Å². The van der Waals surface area contributed by atoms with E-state index in [-0.39, 0.29) is 17.2 Å². The van der Waals surface area contributed by atoms with Crippen LogP contribution in [0.15, 0.2) is 59.4 Å². The van der Waals surface area contributed by atoms with Crippen LogP contribution in [0.5, 0.6) is 11.5 Å². The fourth-order valence-corrected chi connectivity index (χ4v) is 3.47. The molecule has 0 radical (unpaired) electrons. The third-order valence-electron chi connectivity index (χ3n) is 4.14. The number of benzene rings is 3. The Hall–Kier alpha value is -2.89. The van der Waals surface area contributed by atoms with Gasteiger partial charge < -0.3 is 15.2 Å². The Morgan fingerprint density at radius 3 is 2.42 bits per heavy atom. The Morgan fingerprint density at radius 1 is 0.885 bits per heavy atom. The molecule has 3 N–H and O–H groups in total. The zero-order chi connectivity index (χ0) is 18.4. The van der Waals surface area contributed by atoms with Crippen molar-refractivity contribution in [2.24, 2.45) is 0 Å². The average Bonchev–Trinajstić information content (AvgIpc) is 2.92. The first-order valence-electron chi connectivity index (χ1n) is 7.67. The summed E-state index contributed by atoms with van der Waals surface area (Å²) in [7, 11) is 0. The zero-order valence-corrected chi connectivity index (χ0v) is 14.7. The Labute approximate surface area is 157 Å². The highest BCUT2D eigenvalue weighted by Gasteiger charge is 2.17. The first kappa shape index (κ1) is 16.6. The SMILES string of the molecule is O=c1[nH]c2ccccc2n1-c1cc(-c2ccc(Cl)cc2Cl)c(O)cc1O. The molecule has 0 atom stereocenters. The lowest BCUT2D eigenvalue weighted by Crippen LogP contribution is -2.14. The molecule has 0 spiro atoms. The number of imidazole rings is 1. The van der Waals surface area contributed by atoms with Gasteiger partial charge in [0, 0.05) is 22.2 Å². The Kier molecular flexibility index (Phi) is 3.90. The number of rotatable bonds is 2. The predicted molar refractivity (Wildman–Crippen MR) is 103 cm³/mol. The van der Waals surface area contributed by atoms with Gasteiger partial charge in [-0.1, -0.05) is 41.4 Å². The topological polar surface area (TPSA) is 78.2 Å². The fourth-order valence-electron chi connectivity index (χ4n) is 2.96. The number of H-pyrrole nitrogens is 1. The van der Waals surface area contributed by atoms with E-state index in [0.29, 0.717) is 32.2 Å². The lowest BCUT2D eigenvalue weighted by atomic mass is 10.0. The number of hydrogen-bond acceptors (Lipinski definition) is 3. The minimum absolute atomic E-state index is 0.164. The molecule has 0 aliphatic rings. The molecule has 0 saturated carbocycles. The molecule has 1 heterocycles. The lowest BCUT2D eigenvalue weighted by Gasteiger charge is -2.12. The Balaban J connectivity index is 2.01. The largest absolute Gasteiger partial charge is 0.507 e. The number of phenols is 2. The highest BCUT2D eigenvalue weighted by atomic mass is 35.5. The van der Waals surface area contributed by atoms with Gasteiger partial charge in [-0.15, -0.1) is 0 Å². The van der Waals surface area contributed by atoms with Crippen LogP contribution in [0.25, 0.3) is 27.8 Å². The second-order valence-electron chi connectivity index (χ2n) is 5.76. The van der Waals surface area contributed by atoms with Crippen LogP contribution < -0.4 is 5.69 Å². The van der Waals surface area contributed by atoms with E-state index in [2.05, 4.69) is 4.98 Å². The molecule has 26 heavy (non-hydrogen) atoms. The first-order valence-corrected chi connectivity index (χ1v) is 8.43. The number of para-hydroxylation sites is 2. The predicted octanol–water partition coefficient (Wildman–Crippen LogP) is 4.70. The van der Waals surface area contributed by atoms with Gasteiger partial charge in [0.05, 0.1) is 21.7 Å². The molecule has 1 aromatic heterocycles. The number of fused-ring (bicyclic) bond motifs is 1. The summed E-state index contributed by atoms with van der Waals surface area (Å²) in [5.74, 6) is -0.397. The van der Waals surface area contributed by atoms with Crippen LogP contribution in [-0.2, 0) is 0 Å². The third-order valence-corrected chi connectivity index (χ3v) is 4.69. The van der Waals surface area contributed by atoms with Crippen molar-refractivity contribution in [1.29, 1.82) is 0 Å². The van der Waals surface area contributed by atoms with Crippen molar-refractivity contribution in [1.82, 2.24) is 9.55 Å². The van der Waals surface area contributed by atoms with Crippen molar-refractivity contribution in [2.75, 3.05) is 0 Å². The summed E-state index contributed by atoms with van der Waals surface area (Å²) in [6, 6.07) is 14.7. The molecular formula is C19H12Cl2N2O3. The quantitative estimate of drug-likeness (QED) is 0.466. The molecule has 0 amide bonds. The first-order chi connectivity index (χ1) is 12.5. The summed E-state index contributed by atoms with van der Waals surface area (Å²) < 4.78 is 1.34. The highest BCUT2D eigenvalue weighted by molar-refractivity contribution is 6.36. The molecule has 0 fully saturated rings. The minimum atomic E-state index is -0.402. The van der Waals surface area contributed by atoms with E-state index in [1.807, 2.05) is 0 Å². The van der Waals surface area contributed by atoms with Crippen molar-refractivity contribution >= 4 is 34.2 Å². The number of nitrogens with zero attached hydrogens (tertiary/aromatic N) is 1. The van der Waals surface area contributed by atoms with Gasteiger partial charge >= 0.3 is 5.69 Å². The van der Waals surface area contributed by atoms with E-state index < -0.39 is 5.69 Å². The van der Waals surface area contributed by atoms with Crippen LogP contribution in [0, 0.1) is 0 Å². The van der Waals surface area contributed by atoms with Crippen LogP contribution in [-0.4, -0.2) is 19.8 Å². The summed E-state index contributed by atoms with van der Waals surface area (Å²) in [6.07, 6.45) is 0. The van der Waals surface area contributed by atoms with E-state index in [4.69, 9.17) is 23.2 Å². The molecule has 130 valence electrons. The molecule has 0 aliphatic carbocycles. The maximum absolute atomic E-state index is 12.4. The van der Waals surface area contributed by atoms with Crippen molar-refractivity contribution < 1.29 is 10.2 Å². The number of hydrogen-bond donors (Lipinski definition) is 3. The van der Waals surface area contributed by atoms with Crippen LogP contribution in [0.1, 0.15) is 0 Å². The van der Waals surface area contributed by atoms with E-state index in [0.717, 1.165) is 0 Å². The van der Waals surface area contributed by atoms with Crippen molar-refractivity contribution in [3.8, 4) is 28.3 Å². The molecule has 3 aromatic carbocycles. The second kappa shape index (κ2) is 6.12. The minimum Gasteiger partial charge on any atom is -0.507 e. The molecule has 5 nitrogen and oxygen atoms in total. The lowest BCUT2D eigenvalue weighted by molar-refractivity contribution is 0.450. The zero-order valence-electron chi connectivity index (χ0n) is 13.2. The van der Waals surface area contributed by atoms with Gasteiger partial charge in [-0.05, 0) is 30.3 Å². The van der Waals surface area contributed by atoms with E-state index >= 15 is 0 Å². The number of halogens is 2. The fraction of sp³-hybridized carbons (Fsp3) is 0. The van der Waals surface area contributed by atoms with Gasteiger partial charge in [0.25, 0.3) is 0 Å². The molecule has 0 bridgehead atoms. The summed E-state index contributed by atoms with van der Waals surface area (Å²) in [6.45, 7) is 0. The molecule has 4 aromatic rings. The second-order valence-corrected chi connectivity index (χ2v) is 6.61. The number of aromatic hydroxyl groups is 2. The Bertz CT molecular complexity index is 1210. The third kappa shape index (κ3) is 2.62. The van der Waals surface area contributed by atoms with Crippen molar-refractivity contribution in [3.63, 3.8) is 0 Å². The molecular weight excluding hydrogens is 375 g/mol. The van der Waals surface area contributed by atoms with Crippen LogP contribution in [0.2, 0.25) is 10.0 Å². The smallest absolute Gasteiger partial charge is 0.331 e. The average molecular weight is 387 g/mol.